The van der Waals surface area contributed by atoms with Crippen LogP contribution in [-0.4, -0.2) is 52.1 Å². The molecule has 0 N–H and O–H groups in total. The summed E-state index contributed by atoms with van der Waals surface area (Å²) < 4.78 is 33.1. The maximum Gasteiger partial charge on any atom is 0.265 e. The Kier molecular flexibility index (Phi) is 4.65. The minimum absolute atomic E-state index is 0.199. The van der Waals surface area contributed by atoms with E-state index in [9.17, 15) is 13.2 Å². The first-order valence-corrected chi connectivity index (χ1v) is 10.6. The molecule has 0 radical (unpaired) electrons. The largest absolute Gasteiger partial charge is 0.378 e. The van der Waals surface area contributed by atoms with Crippen molar-refractivity contribution in [3.63, 3.8) is 0 Å². The molecule has 1 saturated heterocycles. The van der Waals surface area contributed by atoms with Gasteiger partial charge >= 0.3 is 0 Å². The number of aryl methyl sites for hydroxylation is 1. The van der Waals surface area contributed by atoms with Gasteiger partial charge in [0.1, 0.15) is 6.54 Å². The minimum atomic E-state index is -3.79. The van der Waals surface area contributed by atoms with Gasteiger partial charge in [-0.05, 0) is 30.2 Å². The van der Waals surface area contributed by atoms with Crippen LogP contribution < -0.4 is 4.31 Å². The highest BCUT2D eigenvalue weighted by atomic mass is 32.2. The fourth-order valence-corrected chi connectivity index (χ4v) is 5.25. The molecule has 6 nitrogen and oxygen atoms in total. The van der Waals surface area contributed by atoms with Crippen molar-refractivity contribution in [1.82, 2.24) is 4.90 Å². The molecule has 7 heteroatoms. The second-order valence-corrected chi connectivity index (χ2v) is 8.54. The van der Waals surface area contributed by atoms with Crippen molar-refractivity contribution in [1.29, 1.82) is 0 Å². The topological polar surface area (TPSA) is 66.9 Å². The van der Waals surface area contributed by atoms with Gasteiger partial charge in [-0.15, -0.1) is 0 Å². The van der Waals surface area contributed by atoms with Crippen molar-refractivity contribution >= 4 is 21.6 Å². The predicted molar refractivity (Wildman–Crippen MR) is 103 cm³/mol. The molecule has 4 rings (SSSR count). The van der Waals surface area contributed by atoms with E-state index in [1.165, 1.54) is 4.31 Å². The number of amides is 1. The average Bonchev–Trinajstić information content (AvgIpc) is 2.71. The summed E-state index contributed by atoms with van der Waals surface area (Å²) in [5.74, 6) is -0.202. The van der Waals surface area contributed by atoms with Crippen LogP contribution in [-0.2, 0) is 26.0 Å². The molecule has 0 aromatic heterocycles. The zero-order valence-electron chi connectivity index (χ0n) is 15.2. The number of hydrogen-bond donors (Lipinski definition) is 0. The summed E-state index contributed by atoms with van der Waals surface area (Å²) in [6.07, 6.45) is 0.856. The Balaban J connectivity index is 1.79. The van der Waals surface area contributed by atoms with E-state index >= 15 is 0 Å². The quantitative estimate of drug-likeness (QED) is 0.812. The lowest BCUT2D eigenvalue weighted by molar-refractivity contribution is -0.133. The Morgan fingerprint density at radius 3 is 2.56 bits per heavy atom. The summed E-state index contributed by atoms with van der Waals surface area (Å²) in [5, 5.41) is 0. The molecule has 142 valence electrons. The summed E-state index contributed by atoms with van der Waals surface area (Å²) in [5.41, 5.74) is 3.24. The maximum absolute atomic E-state index is 13.3. The normalized spacial score (nSPS) is 18.0. The number of carbonyl (C=O) groups is 1. The van der Waals surface area contributed by atoms with Crippen molar-refractivity contribution in [2.75, 3.05) is 37.2 Å². The van der Waals surface area contributed by atoms with Gasteiger partial charge in [-0.1, -0.05) is 31.2 Å². The fourth-order valence-electron chi connectivity index (χ4n) is 3.60. The van der Waals surface area contributed by atoms with E-state index in [1.54, 1.807) is 17.0 Å². The van der Waals surface area contributed by atoms with Crippen molar-refractivity contribution in [3.05, 3.63) is 48.0 Å². The molecule has 0 atom stereocenters. The van der Waals surface area contributed by atoms with E-state index < -0.39 is 10.0 Å². The van der Waals surface area contributed by atoms with Crippen LogP contribution in [0.3, 0.4) is 0 Å². The second-order valence-electron chi connectivity index (χ2n) is 6.71. The first-order chi connectivity index (χ1) is 13.0. The van der Waals surface area contributed by atoms with Gasteiger partial charge in [-0.2, -0.15) is 0 Å². The number of hydrogen-bond acceptors (Lipinski definition) is 4. The molecule has 2 heterocycles. The number of sulfonamides is 1. The number of ether oxygens (including phenoxy) is 1. The van der Waals surface area contributed by atoms with E-state index in [4.69, 9.17) is 4.74 Å². The van der Waals surface area contributed by atoms with Gasteiger partial charge in [0.25, 0.3) is 10.0 Å². The zero-order chi connectivity index (χ0) is 19.0. The van der Waals surface area contributed by atoms with Gasteiger partial charge in [0.2, 0.25) is 5.91 Å². The van der Waals surface area contributed by atoms with E-state index in [2.05, 4.69) is 6.92 Å². The molecule has 2 aliphatic heterocycles. The fraction of sp³-hybridized carbons (Fsp3) is 0.350. The third-order valence-electron chi connectivity index (χ3n) is 5.13. The first kappa shape index (κ1) is 18.0. The molecule has 0 aliphatic carbocycles. The maximum atomic E-state index is 13.3. The number of fused-ring (bicyclic) bond motifs is 3. The second kappa shape index (κ2) is 6.98. The predicted octanol–water partition coefficient (Wildman–Crippen LogP) is 2.28. The number of nitrogens with zero attached hydrogens (tertiary/aromatic N) is 2. The lowest BCUT2D eigenvalue weighted by atomic mass is 9.99. The molecule has 0 unspecified atom stereocenters. The molecule has 0 bridgehead atoms. The zero-order valence-corrected chi connectivity index (χ0v) is 16.0. The summed E-state index contributed by atoms with van der Waals surface area (Å²) in [6.45, 7) is 3.81. The molecule has 1 fully saturated rings. The number of carbonyl (C=O) groups excluding carboxylic acids is 1. The molecular weight excluding hydrogens is 364 g/mol. The molecule has 2 aromatic carbocycles. The summed E-state index contributed by atoms with van der Waals surface area (Å²) in [4.78, 5) is 14.7. The van der Waals surface area contributed by atoms with Crippen LogP contribution in [0.15, 0.2) is 47.4 Å². The smallest absolute Gasteiger partial charge is 0.265 e. The Morgan fingerprint density at radius 1 is 1.07 bits per heavy atom. The van der Waals surface area contributed by atoms with E-state index in [0.717, 1.165) is 17.5 Å². The highest BCUT2D eigenvalue weighted by molar-refractivity contribution is 7.93. The van der Waals surface area contributed by atoms with Crippen LogP contribution in [0.5, 0.6) is 0 Å². The van der Waals surface area contributed by atoms with E-state index in [-0.39, 0.29) is 17.3 Å². The lowest BCUT2D eigenvalue weighted by Gasteiger charge is -2.34. The van der Waals surface area contributed by atoms with Gasteiger partial charge in [-0.3, -0.25) is 9.10 Å². The van der Waals surface area contributed by atoms with Crippen LogP contribution >= 0.6 is 0 Å². The van der Waals surface area contributed by atoms with Gasteiger partial charge in [0, 0.05) is 24.2 Å². The summed E-state index contributed by atoms with van der Waals surface area (Å²) in [7, 11) is -3.79. The molecule has 2 aliphatic rings. The van der Waals surface area contributed by atoms with Crippen LogP contribution in [0.2, 0.25) is 0 Å². The van der Waals surface area contributed by atoms with Crippen LogP contribution in [0.4, 0.5) is 5.69 Å². The highest BCUT2D eigenvalue weighted by Crippen LogP contribution is 2.43. The Labute approximate surface area is 159 Å². The molecule has 0 saturated carbocycles. The Morgan fingerprint density at radius 2 is 1.81 bits per heavy atom. The van der Waals surface area contributed by atoms with Gasteiger partial charge in [0.05, 0.1) is 23.8 Å². The first-order valence-electron chi connectivity index (χ1n) is 9.13. The summed E-state index contributed by atoms with van der Waals surface area (Å²) in [6, 6.07) is 12.8. The van der Waals surface area contributed by atoms with Gasteiger partial charge < -0.3 is 9.64 Å². The number of benzene rings is 2. The van der Waals surface area contributed by atoms with Crippen molar-refractivity contribution in [2.24, 2.45) is 0 Å². The van der Waals surface area contributed by atoms with Crippen LogP contribution in [0, 0.1) is 0 Å². The number of rotatable bonds is 3. The standard InChI is InChI=1S/C20H22N2O4S/c1-2-15-7-8-18-17(13-15)16-5-3-4-6-19(16)27(24,25)22(18)14-20(23)21-9-11-26-12-10-21/h3-8,13H,2,9-12,14H2,1H3. The third kappa shape index (κ3) is 3.11. The van der Waals surface area contributed by atoms with Crippen molar-refractivity contribution in [2.45, 2.75) is 18.2 Å². The number of anilines is 1. The summed E-state index contributed by atoms with van der Waals surface area (Å²) >= 11 is 0. The Bertz CT molecular complexity index is 981. The van der Waals surface area contributed by atoms with Gasteiger partial charge in [0.15, 0.2) is 0 Å². The van der Waals surface area contributed by atoms with E-state index in [0.29, 0.717) is 37.6 Å². The monoisotopic (exact) mass is 386 g/mol. The Hall–Kier alpha value is -2.38. The molecule has 0 spiro atoms. The van der Waals surface area contributed by atoms with Crippen molar-refractivity contribution < 1.29 is 17.9 Å². The minimum Gasteiger partial charge on any atom is -0.378 e. The average molecular weight is 386 g/mol. The third-order valence-corrected chi connectivity index (χ3v) is 6.94. The van der Waals surface area contributed by atoms with Gasteiger partial charge in [-0.25, -0.2) is 8.42 Å². The highest BCUT2D eigenvalue weighted by Gasteiger charge is 2.36. The molecule has 1 amide bonds. The SMILES string of the molecule is CCc1ccc2c(c1)-c1ccccc1S(=O)(=O)N2CC(=O)N1CCOCC1. The van der Waals surface area contributed by atoms with E-state index in [1.807, 2.05) is 30.3 Å². The molecule has 27 heavy (non-hydrogen) atoms. The van der Waals surface area contributed by atoms with Crippen molar-refractivity contribution in [3.8, 4) is 11.1 Å². The number of morpholine rings is 1. The van der Waals surface area contributed by atoms with Crippen LogP contribution in [0.1, 0.15) is 12.5 Å². The molecule has 2 aromatic rings. The van der Waals surface area contributed by atoms with Crippen LogP contribution in [0.25, 0.3) is 11.1 Å². The molecular formula is C20H22N2O4S. The lowest BCUT2D eigenvalue weighted by Crippen LogP contribution is -2.47.